The topological polar surface area (TPSA) is 94.6 Å². The van der Waals surface area contributed by atoms with E-state index in [4.69, 9.17) is 10.8 Å². The van der Waals surface area contributed by atoms with Crippen molar-refractivity contribution in [3.8, 4) is 0 Å². The third-order valence-electron chi connectivity index (χ3n) is 0.830. The second kappa shape index (κ2) is 8.62. The first kappa shape index (κ1) is 16.3. The van der Waals surface area contributed by atoms with Crippen LogP contribution in [0.1, 0.15) is 13.3 Å². The summed E-state index contributed by atoms with van der Waals surface area (Å²) < 4.78 is 0. The Hall–Kier alpha value is -0.381. The first-order valence-corrected chi connectivity index (χ1v) is 2.32. The van der Waals surface area contributed by atoms with Crippen LogP contribution in [0.3, 0.4) is 0 Å². The SMILES string of the molecule is CCC(=C[NH-])C(=O)O.[Ir].[NH2-]. The van der Waals surface area contributed by atoms with E-state index in [1.165, 1.54) is 0 Å². The quantitative estimate of drug-likeness (QED) is 0.788. The molecule has 1 radical (unpaired) electrons. The van der Waals surface area contributed by atoms with E-state index in [9.17, 15) is 4.79 Å². The van der Waals surface area contributed by atoms with Gasteiger partial charge in [0.15, 0.2) is 0 Å². The zero-order valence-corrected chi connectivity index (χ0v) is 7.95. The van der Waals surface area contributed by atoms with Crippen LogP contribution in [0, 0.1) is 0 Å². The van der Waals surface area contributed by atoms with Crippen LogP contribution in [0.2, 0.25) is 0 Å². The molecule has 0 rings (SSSR count). The molecule has 0 aliphatic carbocycles. The molecule has 0 aromatic rings. The summed E-state index contributed by atoms with van der Waals surface area (Å²) in [7, 11) is 0. The van der Waals surface area contributed by atoms with Crippen LogP contribution in [0.5, 0.6) is 0 Å². The molecule has 0 saturated carbocycles. The second-order valence-corrected chi connectivity index (χ2v) is 1.33. The van der Waals surface area contributed by atoms with Gasteiger partial charge in [0.25, 0.3) is 0 Å². The average molecular weight is 322 g/mol. The molecule has 0 bridgehead atoms. The van der Waals surface area contributed by atoms with Crippen molar-refractivity contribution in [2.24, 2.45) is 0 Å². The van der Waals surface area contributed by atoms with Crippen molar-refractivity contribution < 1.29 is 30.0 Å². The number of hydrogen-bond acceptors (Lipinski definition) is 1. The van der Waals surface area contributed by atoms with Crippen molar-refractivity contribution in [1.82, 2.24) is 0 Å². The summed E-state index contributed by atoms with van der Waals surface area (Å²) in [5, 5.41) is 8.18. The molecule has 0 amide bonds. The normalized spacial score (nSPS) is 9.10. The molecule has 63 valence electrons. The first-order chi connectivity index (χ1) is 3.72. The van der Waals surface area contributed by atoms with Gasteiger partial charge in [-0.05, 0) is 6.42 Å². The van der Waals surface area contributed by atoms with E-state index in [0.717, 1.165) is 6.20 Å². The average Bonchev–Trinajstić information content (AvgIpc) is 1.69. The Balaban J connectivity index is -0.000000245. The maximum atomic E-state index is 9.97. The molecule has 10 heavy (non-hydrogen) atoms. The summed E-state index contributed by atoms with van der Waals surface area (Å²) >= 11 is 0. The number of rotatable bonds is 2. The Morgan fingerprint density at radius 1 is 1.70 bits per heavy atom. The predicted octanol–water partition coefficient (Wildman–Crippen LogP) is 2.13. The molecule has 0 atom stereocenters. The smallest absolute Gasteiger partial charge is 0.329 e. The summed E-state index contributed by atoms with van der Waals surface area (Å²) in [5.74, 6) is -0.998. The van der Waals surface area contributed by atoms with Crippen LogP contribution < -0.4 is 0 Å². The minimum atomic E-state index is -0.998. The molecule has 0 unspecified atom stereocenters. The number of carbonyl (C=O) groups is 1. The summed E-state index contributed by atoms with van der Waals surface area (Å²) in [4.78, 5) is 9.97. The van der Waals surface area contributed by atoms with Crippen LogP contribution in [-0.4, -0.2) is 11.1 Å². The number of nitrogens with one attached hydrogen (secondary N) is 1. The molecule has 5 heteroatoms. The third-order valence-corrected chi connectivity index (χ3v) is 0.830. The summed E-state index contributed by atoms with van der Waals surface area (Å²) in [6.07, 6.45) is 1.28. The minimum absolute atomic E-state index is 0. The van der Waals surface area contributed by atoms with Gasteiger partial charge in [0.1, 0.15) is 0 Å². The van der Waals surface area contributed by atoms with Crippen molar-refractivity contribution in [3.63, 3.8) is 0 Å². The van der Waals surface area contributed by atoms with Crippen molar-refractivity contribution >= 4 is 5.97 Å². The molecule has 0 aromatic carbocycles. The van der Waals surface area contributed by atoms with Crippen LogP contribution in [0.15, 0.2) is 11.8 Å². The maximum absolute atomic E-state index is 9.97. The Labute approximate surface area is 73.4 Å². The van der Waals surface area contributed by atoms with Crippen molar-refractivity contribution in [1.29, 1.82) is 0 Å². The second-order valence-electron chi connectivity index (χ2n) is 1.33. The zero-order chi connectivity index (χ0) is 6.57. The molecular formula is C5H10IrN2O2-2. The molecule has 0 heterocycles. The molecule has 0 fully saturated rings. The minimum Gasteiger partial charge on any atom is -0.705 e. The molecule has 0 aliphatic heterocycles. The number of hydrogen-bond donors (Lipinski definition) is 1. The fourth-order valence-corrected chi connectivity index (χ4v) is 0.315. The molecule has 0 aromatic heterocycles. The van der Waals surface area contributed by atoms with E-state index in [-0.39, 0.29) is 31.8 Å². The Morgan fingerprint density at radius 2 is 2.10 bits per heavy atom. The van der Waals surface area contributed by atoms with E-state index >= 15 is 0 Å². The van der Waals surface area contributed by atoms with Gasteiger partial charge in [-0.25, -0.2) is 4.79 Å². The zero-order valence-electron chi connectivity index (χ0n) is 5.55. The molecule has 0 aliphatic rings. The summed E-state index contributed by atoms with van der Waals surface area (Å²) in [5.41, 5.74) is 6.69. The summed E-state index contributed by atoms with van der Waals surface area (Å²) in [6, 6.07) is 0. The van der Waals surface area contributed by atoms with Crippen LogP contribution in [0.25, 0.3) is 11.9 Å². The van der Waals surface area contributed by atoms with Crippen LogP contribution in [0.4, 0.5) is 0 Å². The number of nitrogens with two attached hydrogens (primary N) is 1. The Kier molecular flexibility index (Phi) is 14.1. The molecule has 4 N–H and O–H groups in total. The molecule has 4 nitrogen and oxygen atoms in total. The predicted molar refractivity (Wildman–Crippen MR) is 35.6 cm³/mol. The monoisotopic (exact) mass is 323 g/mol. The first-order valence-electron chi connectivity index (χ1n) is 2.32. The molecule has 0 saturated heterocycles. The number of carboxylic acids is 1. The van der Waals surface area contributed by atoms with E-state index in [0.29, 0.717) is 6.42 Å². The van der Waals surface area contributed by atoms with E-state index in [1.807, 2.05) is 0 Å². The van der Waals surface area contributed by atoms with E-state index < -0.39 is 5.97 Å². The van der Waals surface area contributed by atoms with Gasteiger partial charge in [0, 0.05) is 25.7 Å². The van der Waals surface area contributed by atoms with E-state index in [1.54, 1.807) is 6.92 Å². The standard InChI is InChI=1S/C5H8NO2.Ir.H2N/c1-2-4(3-6)5(7)8;;/h3,6H,2H2,1H3,(H,7,8);;1H2/q-1;;-1. The van der Waals surface area contributed by atoms with Gasteiger partial charge >= 0.3 is 5.97 Å². The van der Waals surface area contributed by atoms with Crippen molar-refractivity contribution in [3.05, 3.63) is 23.7 Å². The van der Waals surface area contributed by atoms with Crippen molar-refractivity contribution in [2.75, 3.05) is 0 Å². The number of aliphatic carboxylic acids is 1. The Morgan fingerprint density at radius 3 is 2.10 bits per heavy atom. The Bertz CT molecular complexity index is 125. The van der Waals surface area contributed by atoms with E-state index in [2.05, 4.69) is 0 Å². The maximum Gasteiger partial charge on any atom is 0.329 e. The summed E-state index contributed by atoms with van der Waals surface area (Å²) in [6.45, 7) is 1.70. The van der Waals surface area contributed by atoms with Gasteiger partial charge in [-0.1, -0.05) is 6.92 Å². The largest absolute Gasteiger partial charge is 0.705 e. The molecular weight excluding hydrogens is 312 g/mol. The van der Waals surface area contributed by atoms with Gasteiger partial charge in [-0.2, -0.15) is 6.20 Å². The van der Waals surface area contributed by atoms with Crippen LogP contribution >= 0.6 is 0 Å². The van der Waals surface area contributed by atoms with Gasteiger partial charge in [-0.3, -0.25) is 0 Å². The van der Waals surface area contributed by atoms with Crippen molar-refractivity contribution in [2.45, 2.75) is 13.3 Å². The van der Waals surface area contributed by atoms with Gasteiger partial charge in [0.2, 0.25) is 0 Å². The van der Waals surface area contributed by atoms with Gasteiger partial charge < -0.3 is 17.0 Å². The third kappa shape index (κ3) is 5.75. The fraction of sp³-hybridized carbons (Fsp3) is 0.400. The molecule has 0 spiro atoms. The fourth-order valence-electron chi connectivity index (χ4n) is 0.315. The van der Waals surface area contributed by atoms with Gasteiger partial charge in [-0.15, -0.1) is 0 Å². The number of carboxylic acid groups (broad SMARTS) is 1. The van der Waals surface area contributed by atoms with Crippen LogP contribution in [-0.2, 0) is 24.9 Å². The van der Waals surface area contributed by atoms with Gasteiger partial charge in [0.05, 0.1) is 0 Å².